The Balaban J connectivity index is 2.57. The minimum Gasteiger partial charge on any atom is -0.480 e. The minimum atomic E-state index is -1.17. The molecule has 8 nitrogen and oxygen atoms in total. The molecular formula is C12H13N3O5. The van der Waals surface area contributed by atoms with E-state index < -0.39 is 23.5 Å². The zero-order valence-corrected chi connectivity index (χ0v) is 11.1. The Bertz CT molecular complexity index is 758. The number of hydrogen-bond acceptors (Lipinski definition) is 5. The summed E-state index contributed by atoms with van der Waals surface area (Å²) >= 11 is 0. The van der Waals surface area contributed by atoms with Gasteiger partial charge in [-0.3, -0.25) is 14.4 Å². The SMILES string of the molecule is Cc1oc2ncn(C)c(=O)c2c1C(=O)N[C@@H](C)C(=O)O. The molecule has 1 amide bonds. The molecule has 8 heteroatoms. The van der Waals surface area contributed by atoms with E-state index in [0.717, 1.165) is 0 Å². The van der Waals surface area contributed by atoms with Crippen molar-refractivity contribution in [2.75, 3.05) is 0 Å². The second kappa shape index (κ2) is 4.80. The van der Waals surface area contributed by atoms with Crippen molar-refractivity contribution in [3.05, 3.63) is 28.0 Å². The van der Waals surface area contributed by atoms with Gasteiger partial charge in [0.15, 0.2) is 0 Å². The van der Waals surface area contributed by atoms with E-state index in [1.165, 1.54) is 31.8 Å². The molecule has 2 heterocycles. The van der Waals surface area contributed by atoms with Crippen LogP contribution in [-0.4, -0.2) is 32.6 Å². The van der Waals surface area contributed by atoms with Gasteiger partial charge in [0.1, 0.15) is 23.5 Å². The number of furan rings is 1. The third-order valence-corrected chi connectivity index (χ3v) is 2.89. The molecule has 0 aliphatic heterocycles. The monoisotopic (exact) mass is 279 g/mol. The van der Waals surface area contributed by atoms with E-state index in [1.807, 2.05) is 0 Å². The van der Waals surface area contributed by atoms with Crippen LogP contribution in [0.15, 0.2) is 15.5 Å². The first-order valence-corrected chi connectivity index (χ1v) is 5.81. The summed E-state index contributed by atoms with van der Waals surface area (Å²) < 4.78 is 6.48. The maximum Gasteiger partial charge on any atom is 0.325 e. The topological polar surface area (TPSA) is 114 Å². The maximum absolute atomic E-state index is 12.1. The van der Waals surface area contributed by atoms with Crippen LogP contribution in [0, 0.1) is 6.92 Å². The lowest BCUT2D eigenvalue weighted by Crippen LogP contribution is -2.38. The summed E-state index contributed by atoms with van der Waals surface area (Å²) in [4.78, 5) is 38.8. The summed E-state index contributed by atoms with van der Waals surface area (Å²) in [5, 5.41) is 11.1. The highest BCUT2D eigenvalue weighted by atomic mass is 16.4. The number of hydrogen-bond donors (Lipinski definition) is 2. The van der Waals surface area contributed by atoms with Crippen LogP contribution < -0.4 is 10.9 Å². The number of nitrogens with one attached hydrogen (secondary N) is 1. The van der Waals surface area contributed by atoms with Gasteiger partial charge in [-0.05, 0) is 13.8 Å². The molecule has 0 radical (unpaired) electrons. The van der Waals surface area contributed by atoms with Gasteiger partial charge in [0.2, 0.25) is 5.71 Å². The summed E-state index contributed by atoms with van der Waals surface area (Å²) in [7, 11) is 1.50. The van der Waals surface area contributed by atoms with E-state index in [0.29, 0.717) is 0 Å². The molecule has 106 valence electrons. The number of carbonyl (C=O) groups excluding carboxylic acids is 1. The number of carboxylic acid groups (broad SMARTS) is 1. The average molecular weight is 279 g/mol. The molecule has 0 unspecified atom stereocenters. The molecular weight excluding hydrogens is 266 g/mol. The molecule has 2 rings (SSSR count). The zero-order chi connectivity index (χ0) is 15.0. The highest BCUT2D eigenvalue weighted by molar-refractivity contribution is 6.07. The van der Waals surface area contributed by atoms with Crippen LogP contribution in [0.3, 0.4) is 0 Å². The summed E-state index contributed by atoms with van der Waals surface area (Å²) in [6.45, 7) is 2.84. The van der Waals surface area contributed by atoms with Crippen LogP contribution in [0.1, 0.15) is 23.0 Å². The summed E-state index contributed by atoms with van der Waals surface area (Å²) in [6.07, 6.45) is 1.29. The number of aromatic nitrogens is 2. The van der Waals surface area contributed by atoms with E-state index >= 15 is 0 Å². The van der Waals surface area contributed by atoms with Gasteiger partial charge < -0.3 is 19.4 Å². The molecule has 0 aliphatic carbocycles. The Labute approximate surface area is 113 Å². The highest BCUT2D eigenvalue weighted by Crippen LogP contribution is 2.20. The fourth-order valence-electron chi connectivity index (χ4n) is 1.79. The smallest absolute Gasteiger partial charge is 0.325 e. The van der Waals surface area contributed by atoms with Crippen molar-refractivity contribution in [3.8, 4) is 0 Å². The third kappa shape index (κ3) is 2.15. The number of aliphatic carboxylic acids is 1. The van der Waals surface area contributed by atoms with E-state index in [-0.39, 0.29) is 22.4 Å². The van der Waals surface area contributed by atoms with E-state index in [2.05, 4.69) is 10.3 Å². The molecule has 2 aromatic heterocycles. The van der Waals surface area contributed by atoms with Crippen molar-refractivity contribution < 1.29 is 19.1 Å². The van der Waals surface area contributed by atoms with Crippen molar-refractivity contribution in [2.24, 2.45) is 7.05 Å². The molecule has 0 saturated carbocycles. The Morgan fingerprint density at radius 1 is 1.50 bits per heavy atom. The molecule has 1 atom stereocenters. The Hall–Kier alpha value is -2.64. The third-order valence-electron chi connectivity index (χ3n) is 2.89. The highest BCUT2D eigenvalue weighted by Gasteiger charge is 2.24. The predicted octanol–water partition coefficient (Wildman–Crippen LogP) is 0.0378. The largest absolute Gasteiger partial charge is 0.480 e. The zero-order valence-electron chi connectivity index (χ0n) is 11.1. The molecule has 2 N–H and O–H groups in total. The van der Waals surface area contributed by atoms with Gasteiger partial charge in [-0.2, -0.15) is 0 Å². The molecule has 0 saturated heterocycles. The van der Waals surface area contributed by atoms with Crippen LogP contribution in [0.5, 0.6) is 0 Å². The van der Waals surface area contributed by atoms with Gasteiger partial charge >= 0.3 is 5.97 Å². The molecule has 2 aromatic rings. The first kappa shape index (κ1) is 13.8. The number of aryl methyl sites for hydroxylation is 2. The Morgan fingerprint density at radius 2 is 2.15 bits per heavy atom. The van der Waals surface area contributed by atoms with Gasteiger partial charge in [-0.15, -0.1) is 0 Å². The number of amides is 1. The normalized spacial score (nSPS) is 12.3. The molecule has 0 aliphatic rings. The van der Waals surface area contributed by atoms with Crippen molar-refractivity contribution in [2.45, 2.75) is 19.9 Å². The average Bonchev–Trinajstić information content (AvgIpc) is 2.71. The van der Waals surface area contributed by atoms with Gasteiger partial charge in [-0.1, -0.05) is 0 Å². The number of fused-ring (bicyclic) bond motifs is 1. The number of carboxylic acids is 1. The molecule has 0 fully saturated rings. The van der Waals surface area contributed by atoms with Crippen molar-refractivity contribution >= 4 is 23.0 Å². The molecule has 0 spiro atoms. The molecule has 20 heavy (non-hydrogen) atoms. The van der Waals surface area contributed by atoms with Gasteiger partial charge in [0.25, 0.3) is 11.5 Å². The molecule has 0 bridgehead atoms. The number of rotatable bonds is 3. The van der Waals surface area contributed by atoms with Gasteiger partial charge in [-0.25, -0.2) is 4.98 Å². The fraction of sp³-hybridized carbons (Fsp3) is 0.333. The first-order chi connectivity index (χ1) is 9.32. The maximum atomic E-state index is 12.1. The second-order valence-electron chi connectivity index (χ2n) is 4.41. The second-order valence-corrected chi connectivity index (χ2v) is 4.41. The van der Waals surface area contributed by atoms with Crippen molar-refractivity contribution in [3.63, 3.8) is 0 Å². The summed E-state index contributed by atoms with van der Waals surface area (Å²) in [5.41, 5.74) is -0.361. The number of carbonyl (C=O) groups is 2. The van der Waals surface area contributed by atoms with E-state index in [4.69, 9.17) is 9.52 Å². The number of nitrogens with zero attached hydrogens (tertiary/aromatic N) is 2. The van der Waals surface area contributed by atoms with E-state index in [9.17, 15) is 14.4 Å². The summed E-state index contributed by atoms with van der Waals surface area (Å²) in [6, 6.07) is -1.08. The van der Waals surface area contributed by atoms with Crippen LogP contribution in [-0.2, 0) is 11.8 Å². The van der Waals surface area contributed by atoms with Gasteiger partial charge in [0, 0.05) is 7.05 Å². The summed E-state index contributed by atoms with van der Waals surface area (Å²) in [5.74, 6) is -1.64. The Morgan fingerprint density at radius 3 is 2.75 bits per heavy atom. The van der Waals surface area contributed by atoms with Crippen LogP contribution in [0.25, 0.3) is 11.1 Å². The van der Waals surface area contributed by atoms with Crippen molar-refractivity contribution in [1.82, 2.24) is 14.9 Å². The van der Waals surface area contributed by atoms with Crippen LogP contribution in [0.2, 0.25) is 0 Å². The quantitative estimate of drug-likeness (QED) is 0.819. The lowest BCUT2D eigenvalue weighted by atomic mass is 10.1. The lowest BCUT2D eigenvalue weighted by Gasteiger charge is -2.08. The Kier molecular flexibility index (Phi) is 3.31. The first-order valence-electron chi connectivity index (χ1n) is 5.81. The lowest BCUT2D eigenvalue weighted by molar-refractivity contribution is -0.138. The predicted molar refractivity (Wildman–Crippen MR) is 68.6 cm³/mol. The van der Waals surface area contributed by atoms with Crippen LogP contribution in [0.4, 0.5) is 0 Å². The fourth-order valence-corrected chi connectivity index (χ4v) is 1.79. The van der Waals surface area contributed by atoms with E-state index in [1.54, 1.807) is 0 Å². The van der Waals surface area contributed by atoms with Gasteiger partial charge in [0.05, 0.1) is 5.56 Å². The van der Waals surface area contributed by atoms with Crippen LogP contribution >= 0.6 is 0 Å². The molecule has 0 aromatic carbocycles. The minimum absolute atomic E-state index is 0.0156. The van der Waals surface area contributed by atoms with Crippen molar-refractivity contribution in [1.29, 1.82) is 0 Å². The standard InChI is InChI=1S/C12H13N3O5/c1-5(12(18)19)14-9(16)7-6(2)20-10-8(7)11(17)15(3)4-13-10/h4-5H,1-3H3,(H,14,16)(H,18,19)/t5-/m0/s1.